The number of benzene rings is 1. The van der Waals surface area contributed by atoms with Crippen molar-refractivity contribution in [2.75, 3.05) is 0 Å². The van der Waals surface area contributed by atoms with Gasteiger partial charge >= 0.3 is 12.4 Å². The SMILES string of the molecule is C/C(=N\Oc1ncc(C(F)(F)F)cc1Cl)c1ccc(Oc2ccc(C(F)(F)F)cn2)cc1. The third-order valence-corrected chi connectivity index (χ3v) is 4.23. The molecule has 0 amide bonds. The molecular weight excluding hydrogens is 464 g/mol. The predicted molar refractivity (Wildman–Crippen MR) is 103 cm³/mol. The summed E-state index contributed by atoms with van der Waals surface area (Å²) < 4.78 is 81.0. The average Bonchev–Trinajstić information content (AvgIpc) is 2.72. The molecule has 0 bridgehead atoms. The fourth-order valence-electron chi connectivity index (χ4n) is 2.31. The number of oxime groups is 1. The molecule has 0 N–H and O–H groups in total. The second-order valence-corrected chi connectivity index (χ2v) is 6.69. The lowest BCUT2D eigenvalue weighted by Gasteiger charge is -2.09. The minimum Gasteiger partial charge on any atom is -0.439 e. The van der Waals surface area contributed by atoms with E-state index in [0.717, 1.165) is 12.1 Å². The van der Waals surface area contributed by atoms with E-state index in [1.165, 1.54) is 12.1 Å². The van der Waals surface area contributed by atoms with E-state index in [0.29, 0.717) is 35.5 Å². The van der Waals surface area contributed by atoms with Crippen LogP contribution in [0.1, 0.15) is 23.6 Å². The predicted octanol–water partition coefficient (Wildman–Crippen LogP) is 6.76. The van der Waals surface area contributed by atoms with Crippen molar-refractivity contribution in [3.63, 3.8) is 0 Å². The van der Waals surface area contributed by atoms with Gasteiger partial charge in [0, 0.05) is 18.5 Å². The van der Waals surface area contributed by atoms with Gasteiger partial charge in [-0.15, -0.1) is 0 Å². The number of nitrogens with zero attached hydrogens (tertiary/aromatic N) is 3. The summed E-state index contributed by atoms with van der Waals surface area (Å²) in [6.07, 6.45) is -7.84. The molecule has 3 aromatic rings. The highest BCUT2D eigenvalue weighted by molar-refractivity contribution is 6.31. The Bertz CT molecular complexity index is 1110. The lowest BCUT2D eigenvalue weighted by Crippen LogP contribution is -2.06. The molecule has 0 atom stereocenters. The van der Waals surface area contributed by atoms with E-state index < -0.39 is 23.5 Å². The Labute approximate surface area is 182 Å². The van der Waals surface area contributed by atoms with Crippen LogP contribution >= 0.6 is 11.6 Å². The number of rotatable bonds is 5. The Balaban J connectivity index is 1.66. The summed E-state index contributed by atoms with van der Waals surface area (Å²) in [5.74, 6) is -0.0166. The molecule has 5 nitrogen and oxygen atoms in total. The van der Waals surface area contributed by atoms with Crippen LogP contribution in [0, 0.1) is 0 Å². The van der Waals surface area contributed by atoms with Gasteiger partial charge < -0.3 is 9.57 Å². The standard InChI is InChI=1S/C20H12ClF6N3O2/c1-11(30-32-18-16(21)8-14(10-29-18)20(25,26)27)12-2-5-15(6-3-12)31-17-7-4-13(9-28-17)19(22,23)24/h2-10H,1H3/b30-11+. The van der Waals surface area contributed by atoms with E-state index in [2.05, 4.69) is 15.1 Å². The van der Waals surface area contributed by atoms with Gasteiger partial charge in [0.2, 0.25) is 5.88 Å². The second-order valence-electron chi connectivity index (χ2n) is 6.29. The third-order valence-electron chi connectivity index (χ3n) is 3.96. The van der Waals surface area contributed by atoms with Gasteiger partial charge in [0.05, 0.1) is 16.8 Å². The van der Waals surface area contributed by atoms with Gasteiger partial charge in [-0.3, -0.25) is 0 Å². The third kappa shape index (κ3) is 5.88. The van der Waals surface area contributed by atoms with Crippen LogP contribution in [0.3, 0.4) is 0 Å². The maximum absolute atomic E-state index is 12.6. The lowest BCUT2D eigenvalue weighted by atomic mass is 10.1. The maximum Gasteiger partial charge on any atom is 0.417 e. The van der Waals surface area contributed by atoms with Crippen LogP contribution in [-0.2, 0) is 12.4 Å². The fraction of sp³-hybridized carbons (Fsp3) is 0.150. The highest BCUT2D eigenvalue weighted by Gasteiger charge is 2.32. The summed E-state index contributed by atoms with van der Waals surface area (Å²) in [4.78, 5) is 12.2. The summed E-state index contributed by atoms with van der Waals surface area (Å²) in [7, 11) is 0. The first kappa shape index (κ1) is 23.3. The molecule has 12 heteroatoms. The van der Waals surface area contributed by atoms with Crippen molar-refractivity contribution in [1.82, 2.24) is 9.97 Å². The number of hydrogen-bond acceptors (Lipinski definition) is 5. The topological polar surface area (TPSA) is 56.6 Å². The van der Waals surface area contributed by atoms with Crippen molar-refractivity contribution in [2.45, 2.75) is 19.3 Å². The first-order chi connectivity index (χ1) is 14.9. The summed E-state index contributed by atoms with van der Waals surface area (Å²) in [5.41, 5.74) is -0.994. The van der Waals surface area contributed by atoms with Gasteiger partial charge in [-0.2, -0.15) is 26.3 Å². The number of alkyl halides is 6. The van der Waals surface area contributed by atoms with Gasteiger partial charge in [-0.05, 0) is 48.9 Å². The lowest BCUT2D eigenvalue weighted by molar-refractivity contribution is -0.138. The molecule has 32 heavy (non-hydrogen) atoms. The normalized spacial score (nSPS) is 12.6. The second kappa shape index (κ2) is 9.03. The zero-order valence-corrected chi connectivity index (χ0v) is 16.8. The van der Waals surface area contributed by atoms with Gasteiger partial charge in [0.1, 0.15) is 10.8 Å². The van der Waals surface area contributed by atoms with E-state index in [1.807, 2.05) is 0 Å². The number of aromatic nitrogens is 2. The minimum atomic E-state index is -4.59. The van der Waals surface area contributed by atoms with E-state index >= 15 is 0 Å². The molecule has 0 saturated carbocycles. The quantitative estimate of drug-likeness (QED) is 0.232. The van der Waals surface area contributed by atoms with Crippen LogP contribution in [-0.4, -0.2) is 15.7 Å². The van der Waals surface area contributed by atoms with Crippen LogP contribution in [0.5, 0.6) is 17.5 Å². The van der Waals surface area contributed by atoms with Crippen LogP contribution < -0.4 is 9.57 Å². The van der Waals surface area contributed by atoms with E-state index in [-0.39, 0.29) is 16.8 Å². The number of pyridine rings is 2. The minimum absolute atomic E-state index is 0.0255. The van der Waals surface area contributed by atoms with E-state index in [4.69, 9.17) is 21.2 Å². The number of halogens is 7. The molecule has 3 rings (SSSR count). The first-order valence-electron chi connectivity index (χ1n) is 8.69. The Kier molecular flexibility index (Phi) is 6.58. The molecule has 1 aromatic carbocycles. The van der Waals surface area contributed by atoms with Crippen LogP contribution in [0.15, 0.2) is 60.0 Å². The number of hydrogen-bond donors (Lipinski definition) is 0. The zero-order valence-electron chi connectivity index (χ0n) is 16.0. The Morgan fingerprint density at radius 1 is 0.875 bits per heavy atom. The Hall–Kier alpha value is -3.34. The summed E-state index contributed by atoms with van der Waals surface area (Å²) in [6, 6.07) is 8.85. The zero-order chi connectivity index (χ0) is 23.5. The highest BCUT2D eigenvalue weighted by atomic mass is 35.5. The molecule has 0 saturated heterocycles. The molecule has 0 radical (unpaired) electrons. The van der Waals surface area contributed by atoms with Crippen molar-refractivity contribution in [3.8, 4) is 17.5 Å². The van der Waals surface area contributed by atoms with Gasteiger partial charge in [0.25, 0.3) is 5.88 Å². The molecule has 0 spiro atoms. The van der Waals surface area contributed by atoms with Crippen LogP contribution in [0.25, 0.3) is 0 Å². The molecule has 0 aliphatic carbocycles. The molecule has 0 unspecified atom stereocenters. The molecular formula is C20H12ClF6N3O2. The van der Waals surface area contributed by atoms with Gasteiger partial charge in [-0.25, -0.2) is 9.97 Å². The largest absolute Gasteiger partial charge is 0.439 e. The van der Waals surface area contributed by atoms with E-state index in [9.17, 15) is 26.3 Å². The highest BCUT2D eigenvalue weighted by Crippen LogP contribution is 2.33. The van der Waals surface area contributed by atoms with Crippen molar-refractivity contribution >= 4 is 17.3 Å². The molecule has 2 heterocycles. The van der Waals surface area contributed by atoms with Crippen molar-refractivity contribution in [3.05, 3.63) is 76.6 Å². The summed E-state index contributed by atoms with van der Waals surface area (Å²) >= 11 is 5.76. The smallest absolute Gasteiger partial charge is 0.417 e. The average molecular weight is 476 g/mol. The van der Waals surface area contributed by atoms with E-state index in [1.54, 1.807) is 19.1 Å². The summed E-state index contributed by atoms with van der Waals surface area (Å²) in [6.45, 7) is 1.57. The monoisotopic (exact) mass is 475 g/mol. The summed E-state index contributed by atoms with van der Waals surface area (Å²) in [5, 5.41) is 3.44. The van der Waals surface area contributed by atoms with Gasteiger partial charge in [0.15, 0.2) is 0 Å². The maximum atomic E-state index is 12.6. The first-order valence-corrected chi connectivity index (χ1v) is 9.07. The Morgan fingerprint density at radius 2 is 1.50 bits per heavy atom. The van der Waals surface area contributed by atoms with Crippen LogP contribution in [0.4, 0.5) is 26.3 Å². The molecule has 0 aliphatic rings. The molecule has 168 valence electrons. The van der Waals surface area contributed by atoms with Crippen molar-refractivity contribution < 1.29 is 35.9 Å². The molecule has 0 fully saturated rings. The van der Waals surface area contributed by atoms with Crippen molar-refractivity contribution in [2.24, 2.45) is 5.16 Å². The molecule has 2 aromatic heterocycles. The number of ether oxygens (including phenoxy) is 1. The fourth-order valence-corrected chi connectivity index (χ4v) is 2.51. The molecule has 0 aliphatic heterocycles. The van der Waals surface area contributed by atoms with Crippen LogP contribution in [0.2, 0.25) is 5.02 Å². The Morgan fingerprint density at radius 3 is 2.03 bits per heavy atom. The van der Waals surface area contributed by atoms with Crippen molar-refractivity contribution in [1.29, 1.82) is 0 Å². The van der Waals surface area contributed by atoms with Gasteiger partial charge in [-0.1, -0.05) is 16.8 Å².